The number of carbonyl (C=O) groups excluding carboxylic acids is 2. The van der Waals surface area contributed by atoms with Crippen molar-refractivity contribution in [2.24, 2.45) is 0 Å². The molecular weight excluding hydrogens is 312 g/mol. The smallest absolute Gasteiger partial charge is 0.313 e. The van der Waals surface area contributed by atoms with Crippen molar-refractivity contribution in [1.29, 1.82) is 0 Å². The van der Waals surface area contributed by atoms with E-state index in [0.717, 1.165) is 5.56 Å². The Morgan fingerprint density at radius 3 is 2.52 bits per heavy atom. The Bertz CT molecular complexity index is 675. The van der Waals surface area contributed by atoms with Crippen LogP contribution in [0.4, 0.5) is 5.00 Å². The summed E-state index contributed by atoms with van der Waals surface area (Å²) in [7, 11) is 0. The second kappa shape index (κ2) is 7.37. The maximum absolute atomic E-state index is 12.0. The quantitative estimate of drug-likeness (QED) is 0.854. The molecule has 0 radical (unpaired) electrons. The topological polar surface area (TPSA) is 68.3 Å². The van der Waals surface area contributed by atoms with E-state index in [0.29, 0.717) is 16.4 Å². The predicted octanol–water partition coefficient (Wildman–Crippen LogP) is 3.21. The SMILES string of the molecule is CC(C)(C)OC(=O)Cc1ncc(NC(=O)Cc2ccccc2)s1. The zero-order valence-corrected chi connectivity index (χ0v) is 14.3. The predicted molar refractivity (Wildman–Crippen MR) is 90.4 cm³/mol. The Kier molecular flexibility index (Phi) is 5.50. The first-order valence-electron chi connectivity index (χ1n) is 7.32. The number of anilines is 1. The number of thiazole rings is 1. The lowest BCUT2D eigenvalue weighted by molar-refractivity contribution is -0.153. The molecule has 2 rings (SSSR count). The average Bonchev–Trinajstić information content (AvgIpc) is 2.84. The number of rotatable bonds is 5. The normalized spacial score (nSPS) is 11.1. The molecule has 0 unspecified atom stereocenters. The van der Waals surface area contributed by atoms with E-state index in [1.54, 1.807) is 6.20 Å². The molecule has 0 aliphatic rings. The van der Waals surface area contributed by atoms with Crippen LogP contribution >= 0.6 is 11.3 Å². The number of amides is 1. The molecule has 5 nitrogen and oxygen atoms in total. The van der Waals surface area contributed by atoms with Crippen LogP contribution in [0.1, 0.15) is 31.3 Å². The van der Waals surface area contributed by atoms with Crippen LogP contribution in [0.15, 0.2) is 36.5 Å². The third-order valence-corrected chi connectivity index (χ3v) is 3.65. The van der Waals surface area contributed by atoms with Gasteiger partial charge in [-0.25, -0.2) is 4.98 Å². The van der Waals surface area contributed by atoms with E-state index in [1.165, 1.54) is 11.3 Å². The van der Waals surface area contributed by atoms with Gasteiger partial charge in [-0.3, -0.25) is 9.59 Å². The van der Waals surface area contributed by atoms with Gasteiger partial charge < -0.3 is 10.1 Å². The van der Waals surface area contributed by atoms with E-state index < -0.39 is 5.60 Å². The lowest BCUT2D eigenvalue weighted by atomic mass is 10.1. The zero-order chi connectivity index (χ0) is 16.9. The maximum Gasteiger partial charge on any atom is 0.313 e. The molecule has 1 aromatic heterocycles. The van der Waals surface area contributed by atoms with Gasteiger partial charge in [-0.1, -0.05) is 30.3 Å². The lowest BCUT2D eigenvalue weighted by Gasteiger charge is -2.18. The Morgan fingerprint density at radius 2 is 1.87 bits per heavy atom. The molecule has 0 spiro atoms. The van der Waals surface area contributed by atoms with E-state index in [-0.39, 0.29) is 18.3 Å². The number of carbonyl (C=O) groups is 2. The molecule has 2 aromatic rings. The number of nitrogens with zero attached hydrogens (tertiary/aromatic N) is 1. The fourth-order valence-corrected chi connectivity index (χ4v) is 2.73. The standard InChI is InChI=1S/C17H20N2O3S/c1-17(2,3)22-16(21)10-14-18-11-15(23-14)19-13(20)9-12-7-5-4-6-8-12/h4-8,11H,9-10H2,1-3H3,(H,19,20). The summed E-state index contributed by atoms with van der Waals surface area (Å²) in [6.45, 7) is 5.46. The Hall–Kier alpha value is -2.21. The number of ether oxygens (including phenoxy) is 1. The van der Waals surface area contributed by atoms with Gasteiger partial charge in [0.2, 0.25) is 5.91 Å². The van der Waals surface area contributed by atoms with Gasteiger partial charge in [-0.15, -0.1) is 11.3 Å². The molecule has 0 saturated carbocycles. The molecule has 0 atom stereocenters. The van der Waals surface area contributed by atoms with Gasteiger partial charge in [0.05, 0.1) is 19.0 Å². The second-order valence-corrected chi connectivity index (χ2v) is 7.21. The molecule has 0 bridgehead atoms. The van der Waals surface area contributed by atoms with Crippen LogP contribution in [0, 0.1) is 0 Å². The molecule has 6 heteroatoms. The Labute approximate surface area is 139 Å². The lowest BCUT2D eigenvalue weighted by Crippen LogP contribution is -2.24. The number of esters is 1. The monoisotopic (exact) mass is 332 g/mol. The maximum atomic E-state index is 12.0. The van der Waals surface area contributed by atoms with Crippen molar-refractivity contribution < 1.29 is 14.3 Å². The summed E-state index contributed by atoms with van der Waals surface area (Å²) in [6.07, 6.45) is 1.98. The molecule has 1 N–H and O–H groups in total. The minimum Gasteiger partial charge on any atom is -0.460 e. The number of benzene rings is 1. The summed E-state index contributed by atoms with van der Waals surface area (Å²) in [6, 6.07) is 9.51. The van der Waals surface area contributed by atoms with Gasteiger partial charge in [-0.2, -0.15) is 0 Å². The minimum absolute atomic E-state index is 0.108. The third kappa shape index (κ3) is 6.20. The van der Waals surface area contributed by atoms with E-state index in [1.807, 2.05) is 51.1 Å². The number of hydrogen-bond donors (Lipinski definition) is 1. The van der Waals surface area contributed by atoms with E-state index >= 15 is 0 Å². The highest BCUT2D eigenvalue weighted by atomic mass is 32.1. The van der Waals surface area contributed by atoms with Crippen LogP contribution in [0.2, 0.25) is 0 Å². The summed E-state index contributed by atoms with van der Waals surface area (Å²) < 4.78 is 5.25. The van der Waals surface area contributed by atoms with Crippen molar-refractivity contribution in [1.82, 2.24) is 4.98 Å². The second-order valence-electron chi connectivity index (χ2n) is 6.09. The van der Waals surface area contributed by atoms with Crippen molar-refractivity contribution in [2.45, 2.75) is 39.2 Å². The Balaban J connectivity index is 1.87. The molecule has 122 valence electrons. The van der Waals surface area contributed by atoms with Crippen LogP contribution in [0.3, 0.4) is 0 Å². The third-order valence-electron chi connectivity index (χ3n) is 2.74. The molecule has 1 heterocycles. The van der Waals surface area contributed by atoms with E-state index in [9.17, 15) is 9.59 Å². The first-order chi connectivity index (χ1) is 10.8. The molecular formula is C17H20N2O3S. The van der Waals surface area contributed by atoms with Crippen molar-refractivity contribution in [2.75, 3.05) is 5.32 Å². The van der Waals surface area contributed by atoms with Crippen LogP contribution in [0.25, 0.3) is 0 Å². The molecule has 0 saturated heterocycles. The van der Waals surface area contributed by atoms with Gasteiger partial charge in [0.15, 0.2) is 0 Å². The number of aromatic nitrogens is 1. The summed E-state index contributed by atoms with van der Waals surface area (Å²) in [5, 5.41) is 4.05. The minimum atomic E-state index is -0.513. The summed E-state index contributed by atoms with van der Waals surface area (Å²) in [5.74, 6) is -0.433. The molecule has 1 aromatic carbocycles. The fraction of sp³-hybridized carbons (Fsp3) is 0.353. The summed E-state index contributed by atoms with van der Waals surface area (Å²) in [4.78, 5) is 27.9. The van der Waals surface area contributed by atoms with Crippen molar-refractivity contribution in [3.8, 4) is 0 Å². The van der Waals surface area contributed by atoms with Crippen LogP contribution < -0.4 is 5.32 Å². The van der Waals surface area contributed by atoms with Gasteiger partial charge in [0.25, 0.3) is 0 Å². The fourth-order valence-electron chi connectivity index (χ4n) is 1.91. The van der Waals surface area contributed by atoms with Gasteiger partial charge in [0.1, 0.15) is 15.6 Å². The zero-order valence-electron chi connectivity index (χ0n) is 13.5. The highest BCUT2D eigenvalue weighted by molar-refractivity contribution is 7.15. The highest BCUT2D eigenvalue weighted by Gasteiger charge is 2.18. The molecule has 0 aliphatic carbocycles. The van der Waals surface area contributed by atoms with Crippen LogP contribution in [0.5, 0.6) is 0 Å². The molecule has 0 fully saturated rings. The van der Waals surface area contributed by atoms with Crippen molar-refractivity contribution in [3.63, 3.8) is 0 Å². The van der Waals surface area contributed by atoms with Crippen molar-refractivity contribution >= 4 is 28.2 Å². The largest absolute Gasteiger partial charge is 0.460 e. The van der Waals surface area contributed by atoms with Crippen molar-refractivity contribution in [3.05, 3.63) is 47.1 Å². The highest BCUT2D eigenvalue weighted by Crippen LogP contribution is 2.20. The van der Waals surface area contributed by atoms with Gasteiger partial charge >= 0.3 is 5.97 Å². The summed E-state index contributed by atoms with van der Waals surface area (Å²) >= 11 is 1.28. The first-order valence-corrected chi connectivity index (χ1v) is 8.14. The number of nitrogens with one attached hydrogen (secondary N) is 1. The average molecular weight is 332 g/mol. The Morgan fingerprint density at radius 1 is 1.17 bits per heavy atom. The summed E-state index contributed by atoms with van der Waals surface area (Å²) in [5.41, 5.74) is 0.435. The van der Waals surface area contributed by atoms with E-state index in [2.05, 4.69) is 10.3 Å². The first kappa shape index (κ1) is 17.1. The molecule has 1 amide bonds. The molecule has 0 aliphatic heterocycles. The number of hydrogen-bond acceptors (Lipinski definition) is 5. The van der Waals surface area contributed by atoms with Gasteiger partial charge in [0, 0.05) is 0 Å². The van der Waals surface area contributed by atoms with Gasteiger partial charge in [-0.05, 0) is 26.3 Å². The van der Waals surface area contributed by atoms with Crippen LogP contribution in [-0.2, 0) is 27.2 Å². The van der Waals surface area contributed by atoms with E-state index in [4.69, 9.17) is 4.74 Å². The molecule has 23 heavy (non-hydrogen) atoms. The van der Waals surface area contributed by atoms with Crippen LogP contribution in [-0.4, -0.2) is 22.5 Å².